The molecule has 0 saturated carbocycles. The molecule has 13 nitrogen and oxygen atoms in total. The number of aliphatic carboxylic acids is 3. The number of carbonyl (C=O) groups is 6. The monoisotopic (exact) mass is 506 g/mol. The zero-order chi connectivity index (χ0) is 26.4. The molecule has 0 aromatic heterocycles. The normalized spacial score (nSPS) is 14.4. The number of nitrogens with two attached hydrogens (primary N) is 1. The van der Waals surface area contributed by atoms with Crippen LogP contribution >= 0.6 is 11.8 Å². The SMILES string of the molecule is CSCCC(NC(=O)C(CCC(=O)O)NC(=O)C(CCC(=O)O)NC(=O)C(N)C(C)C)C(=O)O. The van der Waals surface area contributed by atoms with Crippen molar-refractivity contribution < 1.29 is 44.1 Å². The zero-order valence-electron chi connectivity index (χ0n) is 19.4. The van der Waals surface area contributed by atoms with Gasteiger partial charge in [0.05, 0.1) is 6.04 Å². The minimum Gasteiger partial charge on any atom is -0.481 e. The minimum atomic E-state index is -1.43. The average Bonchev–Trinajstić information content (AvgIpc) is 2.74. The average molecular weight is 507 g/mol. The first kappa shape index (κ1) is 31.1. The summed E-state index contributed by atoms with van der Waals surface area (Å²) < 4.78 is 0. The van der Waals surface area contributed by atoms with Crippen LogP contribution in [0.1, 0.15) is 46.0 Å². The lowest BCUT2D eigenvalue weighted by atomic mass is 10.0. The first-order valence-corrected chi connectivity index (χ1v) is 12.0. The Hall–Kier alpha value is -2.87. The van der Waals surface area contributed by atoms with E-state index in [0.29, 0.717) is 5.75 Å². The van der Waals surface area contributed by atoms with Crippen molar-refractivity contribution in [1.82, 2.24) is 16.0 Å². The molecule has 0 aliphatic carbocycles. The summed E-state index contributed by atoms with van der Waals surface area (Å²) in [6.07, 6.45) is 0.214. The van der Waals surface area contributed by atoms with E-state index in [1.54, 1.807) is 20.1 Å². The van der Waals surface area contributed by atoms with Crippen molar-refractivity contribution in [2.24, 2.45) is 11.7 Å². The summed E-state index contributed by atoms with van der Waals surface area (Å²) in [4.78, 5) is 71.2. The molecule has 194 valence electrons. The van der Waals surface area contributed by atoms with Crippen molar-refractivity contribution in [3.05, 3.63) is 0 Å². The first-order valence-electron chi connectivity index (χ1n) is 10.6. The van der Waals surface area contributed by atoms with Crippen molar-refractivity contribution in [2.45, 2.75) is 70.1 Å². The van der Waals surface area contributed by atoms with Crippen LogP contribution in [0.25, 0.3) is 0 Å². The van der Waals surface area contributed by atoms with Gasteiger partial charge in [-0.15, -0.1) is 0 Å². The second kappa shape index (κ2) is 15.9. The number of carboxylic acids is 3. The molecule has 0 radical (unpaired) electrons. The van der Waals surface area contributed by atoms with Crippen molar-refractivity contribution in [3.8, 4) is 0 Å². The van der Waals surface area contributed by atoms with Gasteiger partial charge in [-0.05, 0) is 37.2 Å². The highest BCUT2D eigenvalue weighted by Gasteiger charge is 2.31. The van der Waals surface area contributed by atoms with E-state index in [0.717, 1.165) is 0 Å². The van der Waals surface area contributed by atoms with Crippen molar-refractivity contribution >= 4 is 47.4 Å². The van der Waals surface area contributed by atoms with E-state index >= 15 is 0 Å². The molecule has 34 heavy (non-hydrogen) atoms. The van der Waals surface area contributed by atoms with E-state index in [4.69, 9.17) is 15.9 Å². The zero-order valence-corrected chi connectivity index (χ0v) is 20.2. The topological polar surface area (TPSA) is 225 Å². The summed E-state index contributed by atoms with van der Waals surface area (Å²) in [6.45, 7) is 3.36. The molecule has 0 saturated heterocycles. The van der Waals surface area contributed by atoms with Gasteiger partial charge in [0.2, 0.25) is 17.7 Å². The molecule has 8 N–H and O–H groups in total. The maximum absolute atomic E-state index is 12.8. The molecule has 4 atom stereocenters. The molecular weight excluding hydrogens is 472 g/mol. The predicted octanol–water partition coefficient (Wildman–Crippen LogP) is -1.01. The van der Waals surface area contributed by atoms with E-state index in [9.17, 15) is 33.9 Å². The van der Waals surface area contributed by atoms with Crippen molar-refractivity contribution in [3.63, 3.8) is 0 Å². The number of thioether (sulfide) groups is 1. The van der Waals surface area contributed by atoms with Crippen LogP contribution in [0.3, 0.4) is 0 Å². The van der Waals surface area contributed by atoms with Crippen LogP contribution in [0.5, 0.6) is 0 Å². The number of carboxylic acid groups (broad SMARTS) is 3. The molecule has 0 bridgehead atoms. The highest BCUT2D eigenvalue weighted by atomic mass is 32.2. The number of hydrogen-bond acceptors (Lipinski definition) is 8. The number of carbonyl (C=O) groups excluding carboxylic acids is 3. The Morgan fingerprint density at radius 2 is 1.15 bits per heavy atom. The Morgan fingerprint density at radius 1 is 0.735 bits per heavy atom. The molecule has 0 spiro atoms. The lowest BCUT2D eigenvalue weighted by Gasteiger charge is -2.25. The van der Waals surface area contributed by atoms with E-state index < -0.39 is 72.6 Å². The Balaban J connectivity index is 5.60. The Bertz CT molecular complexity index is 748. The van der Waals surface area contributed by atoms with Crippen LogP contribution in [0.15, 0.2) is 0 Å². The quantitative estimate of drug-likeness (QED) is 0.126. The molecule has 0 heterocycles. The number of amides is 3. The predicted molar refractivity (Wildman–Crippen MR) is 123 cm³/mol. The molecule has 4 unspecified atom stereocenters. The summed E-state index contributed by atoms with van der Waals surface area (Å²) in [5.74, 6) is -6.14. The summed E-state index contributed by atoms with van der Waals surface area (Å²) in [5, 5.41) is 34.2. The molecule has 0 aromatic carbocycles. The van der Waals surface area contributed by atoms with Crippen molar-refractivity contribution in [2.75, 3.05) is 12.0 Å². The van der Waals surface area contributed by atoms with Crippen LogP contribution in [0.4, 0.5) is 0 Å². The lowest BCUT2D eigenvalue weighted by molar-refractivity contribution is -0.143. The van der Waals surface area contributed by atoms with Crippen LogP contribution in [0, 0.1) is 5.92 Å². The summed E-state index contributed by atoms with van der Waals surface area (Å²) >= 11 is 1.37. The fourth-order valence-corrected chi connectivity index (χ4v) is 3.15. The first-order chi connectivity index (χ1) is 15.8. The van der Waals surface area contributed by atoms with Crippen molar-refractivity contribution in [1.29, 1.82) is 0 Å². The Labute approximate surface area is 201 Å². The second-order valence-electron chi connectivity index (χ2n) is 7.94. The van der Waals surface area contributed by atoms with Gasteiger partial charge >= 0.3 is 17.9 Å². The van der Waals surface area contributed by atoms with Gasteiger partial charge in [0.1, 0.15) is 18.1 Å². The third kappa shape index (κ3) is 12.4. The van der Waals surface area contributed by atoms with Crippen LogP contribution in [-0.2, 0) is 28.8 Å². The van der Waals surface area contributed by atoms with Crippen LogP contribution < -0.4 is 21.7 Å². The highest BCUT2D eigenvalue weighted by Crippen LogP contribution is 2.07. The number of rotatable bonds is 17. The molecule has 0 aliphatic heterocycles. The molecule has 0 aliphatic rings. The fourth-order valence-electron chi connectivity index (χ4n) is 2.68. The Morgan fingerprint density at radius 3 is 1.50 bits per heavy atom. The summed E-state index contributed by atoms with van der Waals surface area (Å²) in [7, 11) is 0. The molecule has 0 rings (SSSR count). The molecule has 0 aromatic rings. The number of nitrogens with one attached hydrogen (secondary N) is 3. The Kier molecular flexibility index (Phi) is 14.5. The maximum Gasteiger partial charge on any atom is 0.326 e. The molecule has 3 amide bonds. The van der Waals surface area contributed by atoms with E-state index in [2.05, 4.69) is 16.0 Å². The maximum atomic E-state index is 12.8. The van der Waals surface area contributed by atoms with E-state index in [1.165, 1.54) is 11.8 Å². The van der Waals surface area contributed by atoms with Gasteiger partial charge in [-0.1, -0.05) is 13.8 Å². The van der Waals surface area contributed by atoms with Crippen LogP contribution in [0.2, 0.25) is 0 Å². The molecule has 14 heteroatoms. The lowest BCUT2D eigenvalue weighted by Crippen LogP contribution is -2.57. The number of hydrogen-bond donors (Lipinski definition) is 7. The smallest absolute Gasteiger partial charge is 0.326 e. The fraction of sp³-hybridized carbons (Fsp3) is 0.700. The van der Waals surface area contributed by atoms with Gasteiger partial charge in [-0.25, -0.2) is 4.79 Å². The molecular formula is C20H34N4O9S. The van der Waals surface area contributed by atoms with Gasteiger partial charge in [0.15, 0.2) is 0 Å². The van der Waals surface area contributed by atoms with Gasteiger partial charge < -0.3 is 37.0 Å². The molecule has 0 fully saturated rings. The third-order valence-corrected chi connectivity index (χ3v) is 5.45. The van der Waals surface area contributed by atoms with E-state index in [-0.39, 0.29) is 25.2 Å². The minimum absolute atomic E-state index is 0.103. The van der Waals surface area contributed by atoms with E-state index in [1.807, 2.05) is 0 Å². The van der Waals surface area contributed by atoms with Crippen LogP contribution in [-0.4, -0.2) is 87.1 Å². The highest BCUT2D eigenvalue weighted by molar-refractivity contribution is 7.98. The van der Waals surface area contributed by atoms with Gasteiger partial charge in [-0.3, -0.25) is 24.0 Å². The summed E-state index contributed by atoms with van der Waals surface area (Å²) in [5.41, 5.74) is 5.77. The van der Waals surface area contributed by atoms with Gasteiger partial charge in [0.25, 0.3) is 0 Å². The van der Waals surface area contributed by atoms with Gasteiger partial charge in [0, 0.05) is 12.8 Å². The van der Waals surface area contributed by atoms with Gasteiger partial charge in [-0.2, -0.15) is 11.8 Å². The third-order valence-electron chi connectivity index (χ3n) is 4.81. The standard InChI is InChI=1S/C20H34N4O9S/c1-10(2)16(21)19(31)23-12(5-7-15(27)28)17(29)22-11(4-6-14(25)26)18(30)24-13(20(32)33)8-9-34-3/h10-13,16H,4-9,21H2,1-3H3,(H,22,29)(H,23,31)(H,24,30)(H,25,26)(H,27,28)(H,32,33). The largest absolute Gasteiger partial charge is 0.481 e. The summed E-state index contributed by atoms with van der Waals surface area (Å²) in [6, 6.07) is -5.02. The second-order valence-corrected chi connectivity index (χ2v) is 8.92.